The number of allylic oxidation sites excluding steroid dienone is 2. The van der Waals surface area contributed by atoms with E-state index in [2.05, 4.69) is 6.92 Å². The molecule has 0 rings (SSSR count). The summed E-state index contributed by atoms with van der Waals surface area (Å²) in [6.07, 6.45) is 6.95. The average Bonchev–Trinajstić information content (AvgIpc) is 2.38. The van der Waals surface area contributed by atoms with E-state index in [1.807, 2.05) is 6.92 Å². The quantitative estimate of drug-likeness (QED) is 0.273. The van der Waals surface area contributed by atoms with E-state index < -0.39 is 5.97 Å². The van der Waals surface area contributed by atoms with Crippen LogP contribution in [0, 0.1) is 11.8 Å². The van der Waals surface area contributed by atoms with Gasteiger partial charge in [0.25, 0.3) is 0 Å². The number of hydrogen-bond donors (Lipinski definition) is 1. The van der Waals surface area contributed by atoms with Crippen LogP contribution in [0.2, 0.25) is 0 Å². The van der Waals surface area contributed by atoms with Crippen molar-refractivity contribution in [3.8, 4) is 0 Å². The van der Waals surface area contributed by atoms with Crippen LogP contribution >= 0.6 is 0 Å². The van der Waals surface area contributed by atoms with E-state index in [0.29, 0.717) is 18.6 Å². The maximum Gasteiger partial charge on any atom is 0.303 e. The highest BCUT2D eigenvalue weighted by Gasteiger charge is 2.12. The minimum Gasteiger partial charge on any atom is -0.481 e. The molecule has 0 amide bonds. The second-order valence-corrected chi connectivity index (χ2v) is 5.47. The molecule has 2 unspecified atom stereocenters. The second-order valence-electron chi connectivity index (χ2n) is 5.47. The Hall–Kier alpha value is -1.45. The second kappa shape index (κ2) is 10.4. The van der Waals surface area contributed by atoms with Crippen LogP contribution in [0.15, 0.2) is 11.6 Å². The molecule has 0 aliphatic carbocycles. The number of rotatable bonds is 11. The van der Waals surface area contributed by atoms with Crippen molar-refractivity contribution in [2.45, 2.75) is 59.3 Å². The highest BCUT2D eigenvalue weighted by Crippen LogP contribution is 2.21. The third-order valence-corrected chi connectivity index (χ3v) is 3.67. The van der Waals surface area contributed by atoms with Gasteiger partial charge in [0.1, 0.15) is 0 Å². The fourth-order valence-electron chi connectivity index (χ4n) is 2.16. The van der Waals surface area contributed by atoms with Gasteiger partial charge in [-0.2, -0.15) is 0 Å². The topological polar surface area (TPSA) is 71.4 Å². The van der Waals surface area contributed by atoms with Crippen LogP contribution in [0.4, 0.5) is 0 Å². The smallest absolute Gasteiger partial charge is 0.303 e. The molecule has 0 spiro atoms. The molecule has 4 nitrogen and oxygen atoms in total. The Morgan fingerprint density at radius 3 is 2.30 bits per heavy atom. The molecule has 0 aliphatic heterocycles. The Labute approximate surface area is 121 Å². The Morgan fingerprint density at radius 2 is 1.85 bits per heavy atom. The van der Waals surface area contributed by atoms with Crippen molar-refractivity contribution in [1.82, 2.24) is 0 Å². The summed E-state index contributed by atoms with van der Waals surface area (Å²) in [6.45, 7) is 5.53. The van der Waals surface area contributed by atoms with Crippen molar-refractivity contribution >= 4 is 18.0 Å². The van der Waals surface area contributed by atoms with Crippen molar-refractivity contribution in [1.29, 1.82) is 0 Å². The number of aliphatic carboxylic acids is 1. The van der Waals surface area contributed by atoms with Gasteiger partial charge in [0.2, 0.25) is 0 Å². The zero-order valence-electron chi connectivity index (χ0n) is 12.7. The standard InChI is InChI=1S/C16H26O4/c1-4-14(10-16(19)20)9-8-12(2)6-5-7-15(11-17)13(3)18/h7,11-12,14H,4-6,8-10H2,1-3H3,(H,19,20). The largest absolute Gasteiger partial charge is 0.481 e. The molecule has 0 saturated carbocycles. The Kier molecular flexibility index (Phi) is 9.60. The monoisotopic (exact) mass is 282 g/mol. The van der Waals surface area contributed by atoms with Gasteiger partial charge in [0, 0.05) is 6.42 Å². The number of hydrogen-bond acceptors (Lipinski definition) is 3. The molecule has 0 saturated heterocycles. The molecule has 114 valence electrons. The summed E-state index contributed by atoms with van der Waals surface area (Å²) < 4.78 is 0. The predicted molar refractivity (Wildman–Crippen MR) is 78.5 cm³/mol. The van der Waals surface area contributed by atoms with Gasteiger partial charge in [-0.15, -0.1) is 0 Å². The first-order chi connectivity index (χ1) is 9.40. The normalized spacial score (nSPS) is 14.7. The summed E-state index contributed by atoms with van der Waals surface area (Å²) >= 11 is 0. The van der Waals surface area contributed by atoms with Gasteiger partial charge >= 0.3 is 5.97 Å². The molecule has 20 heavy (non-hydrogen) atoms. The fourth-order valence-corrected chi connectivity index (χ4v) is 2.16. The minimum atomic E-state index is -0.732. The highest BCUT2D eigenvalue weighted by molar-refractivity contribution is 6.10. The molecule has 0 fully saturated rings. The summed E-state index contributed by atoms with van der Waals surface area (Å²) in [7, 11) is 0. The number of carboxylic acids is 1. The third-order valence-electron chi connectivity index (χ3n) is 3.67. The van der Waals surface area contributed by atoms with Gasteiger partial charge in [-0.25, -0.2) is 0 Å². The molecule has 0 aliphatic rings. The minimum absolute atomic E-state index is 0.194. The van der Waals surface area contributed by atoms with Crippen LogP contribution in [-0.2, 0) is 14.4 Å². The van der Waals surface area contributed by atoms with Gasteiger partial charge in [-0.1, -0.05) is 32.8 Å². The maximum atomic E-state index is 11.1. The lowest BCUT2D eigenvalue weighted by atomic mass is 9.90. The van der Waals surface area contributed by atoms with Gasteiger partial charge in [-0.05, 0) is 38.0 Å². The van der Waals surface area contributed by atoms with E-state index in [0.717, 1.165) is 25.7 Å². The van der Waals surface area contributed by atoms with E-state index >= 15 is 0 Å². The molecule has 1 N–H and O–H groups in total. The zero-order valence-corrected chi connectivity index (χ0v) is 12.7. The summed E-state index contributed by atoms with van der Waals surface area (Å²) in [5.74, 6) is -0.216. The van der Waals surface area contributed by atoms with Gasteiger partial charge in [0.05, 0.1) is 5.57 Å². The van der Waals surface area contributed by atoms with Gasteiger partial charge in [0.15, 0.2) is 12.1 Å². The molecular formula is C16H26O4. The van der Waals surface area contributed by atoms with Crippen LogP contribution < -0.4 is 0 Å². The molecule has 0 bridgehead atoms. The molecule has 0 heterocycles. The van der Waals surface area contributed by atoms with Crippen LogP contribution in [0.5, 0.6) is 0 Å². The summed E-state index contributed by atoms with van der Waals surface area (Å²) in [5.41, 5.74) is 0.245. The molecule has 0 aromatic carbocycles. The van der Waals surface area contributed by atoms with Crippen molar-refractivity contribution in [2.24, 2.45) is 11.8 Å². The lowest BCUT2D eigenvalue weighted by Crippen LogP contribution is -2.08. The summed E-state index contributed by atoms with van der Waals surface area (Å²) in [6, 6.07) is 0. The highest BCUT2D eigenvalue weighted by atomic mass is 16.4. The number of carbonyl (C=O) groups is 3. The lowest BCUT2D eigenvalue weighted by molar-refractivity contribution is -0.138. The molecule has 4 heteroatoms. The zero-order chi connectivity index (χ0) is 15.5. The Morgan fingerprint density at radius 1 is 1.20 bits per heavy atom. The lowest BCUT2D eigenvalue weighted by Gasteiger charge is -2.15. The predicted octanol–water partition coefficient (Wildman–Crippen LogP) is 3.40. The first-order valence-electron chi connectivity index (χ1n) is 7.28. The van der Waals surface area contributed by atoms with Crippen LogP contribution in [0.25, 0.3) is 0 Å². The average molecular weight is 282 g/mol. The van der Waals surface area contributed by atoms with Crippen LogP contribution in [0.3, 0.4) is 0 Å². The molecule has 0 aromatic rings. The van der Waals surface area contributed by atoms with Crippen molar-refractivity contribution < 1.29 is 19.5 Å². The third kappa shape index (κ3) is 8.62. The Bertz CT molecular complexity index is 357. The SMILES string of the molecule is CCC(CCC(C)CCC=C(C=O)C(C)=O)CC(=O)O. The van der Waals surface area contributed by atoms with Crippen LogP contribution in [0.1, 0.15) is 59.3 Å². The number of carboxylic acid groups (broad SMARTS) is 1. The number of aldehydes is 1. The van der Waals surface area contributed by atoms with Gasteiger partial charge in [-0.3, -0.25) is 14.4 Å². The van der Waals surface area contributed by atoms with Crippen molar-refractivity contribution in [2.75, 3.05) is 0 Å². The number of carbonyl (C=O) groups excluding carboxylic acids is 2. The molecule has 0 aromatic heterocycles. The molecule has 2 atom stereocenters. The number of ketones is 1. The first-order valence-corrected chi connectivity index (χ1v) is 7.28. The molecular weight excluding hydrogens is 256 g/mol. The fraction of sp³-hybridized carbons (Fsp3) is 0.688. The maximum absolute atomic E-state index is 11.1. The van der Waals surface area contributed by atoms with E-state index in [1.54, 1.807) is 6.08 Å². The summed E-state index contributed by atoms with van der Waals surface area (Å²) in [4.78, 5) is 32.4. The van der Waals surface area contributed by atoms with E-state index in [1.165, 1.54) is 6.92 Å². The van der Waals surface area contributed by atoms with E-state index in [9.17, 15) is 14.4 Å². The number of Topliss-reactive ketones (excluding diaryl/α,β-unsaturated/α-hetero) is 1. The Balaban J connectivity index is 4.05. The van der Waals surface area contributed by atoms with Crippen molar-refractivity contribution in [3.63, 3.8) is 0 Å². The van der Waals surface area contributed by atoms with E-state index in [4.69, 9.17) is 5.11 Å². The van der Waals surface area contributed by atoms with E-state index in [-0.39, 0.29) is 23.7 Å². The first kappa shape index (κ1) is 18.6. The van der Waals surface area contributed by atoms with Crippen molar-refractivity contribution in [3.05, 3.63) is 11.6 Å². The molecule has 0 radical (unpaired) electrons. The van der Waals surface area contributed by atoms with Crippen LogP contribution in [-0.4, -0.2) is 23.1 Å². The van der Waals surface area contributed by atoms with Gasteiger partial charge < -0.3 is 5.11 Å². The summed E-state index contributed by atoms with van der Waals surface area (Å²) in [5, 5.41) is 8.79.